The van der Waals surface area contributed by atoms with Gasteiger partial charge in [-0.3, -0.25) is 0 Å². The number of benzene rings is 2. The van der Waals surface area contributed by atoms with Gasteiger partial charge in [-0.05, 0) is 36.8 Å². The number of hydrogen-bond acceptors (Lipinski definition) is 3. The summed E-state index contributed by atoms with van der Waals surface area (Å²) >= 11 is 0. The zero-order chi connectivity index (χ0) is 20.1. The molecule has 2 aromatic heterocycles. The van der Waals surface area contributed by atoms with Crippen molar-refractivity contribution in [3.63, 3.8) is 0 Å². The predicted molar refractivity (Wildman–Crippen MR) is 122 cm³/mol. The van der Waals surface area contributed by atoms with Crippen LogP contribution < -0.4 is 4.74 Å². The Hall–Kier alpha value is -2.62. The van der Waals surface area contributed by atoms with E-state index in [0.717, 1.165) is 39.9 Å². The summed E-state index contributed by atoms with van der Waals surface area (Å²) in [6, 6.07) is 14.4. The molecular formula is C25H31N3O. The zero-order valence-electron chi connectivity index (χ0n) is 17.7. The number of para-hydroxylation sites is 2. The summed E-state index contributed by atoms with van der Waals surface area (Å²) in [6.45, 7) is 3.25. The van der Waals surface area contributed by atoms with Gasteiger partial charge >= 0.3 is 0 Å². The molecule has 0 spiro atoms. The van der Waals surface area contributed by atoms with Crippen LogP contribution >= 0.6 is 0 Å². The Bertz CT molecular complexity index is 1100. The van der Waals surface area contributed by atoms with Crippen molar-refractivity contribution in [2.24, 2.45) is 0 Å². The van der Waals surface area contributed by atoms with E-state index in [-0.39, 0.29) is 0 Å². The Balaban J connectivity index is 1.60. The first kappa shape index (κ1) is 19.7. The van der Waals surface area contributed by atoms with Crippen LogP contribution in [0.5, 0.6) is 5.75 Å². The van der Waals surface area contributed by atoms with E-state index in [0.29, 0.717) is 0 Å². The summed E-state index contributed by atoms with van der Waals surface area (Å²) < 4.78 is 7.81. The molecule has 0 fully saturated rings. The number of aryl methyl sites for hydroxylation is 1. The SMILES string of the molecule is CCCCCCCCCCn1c2ccc(OC)cc2c2nc3ccccc3nc21. The topological polar surface area (TPSA) is 39.9 Å². The van der Waals surface area contributed by atoms with Crippen LogP contribution in [0.3, 0.4) is 0 Å². The van der Waals surface area contributed by atoms with E-state index in [2.05, 4.69) is 23.6 Å². The first-order chi connectivity index (χ1) is 14.3. The van der Waals surface area contributed by atoms with E-state index >= 15 is 0 Å². The van der Waals surface area contributed by atoms with Gasteiger partial charge in [-0.1, -0.05) is 64.0 Å². The van der Waals surface area contributed by atoms with Crippen LogP contribution in [0, 0.1) is 0 Å². The van der Waals surface area contributed by atoms with E-state index in [1.807, 2.05) is 30.3 Å². The summed E-state index contributed by atoms with van der Waals surface area (Å²) in [5, 5.41) is 1.12. The Kier molecular flexibility index (Phi) is 6.28. The van der Waals surface area contributed by atoms with Gasteiger partial charge < -0.3 is 9.30 Å². The highest BCUT2D eigenvalue weighted by molar-refractivity contribution is 6.06. The van der Waals surface area contributed by atoms with Gasteiger partial charge in [0, 0.05) is 11.9 Å². The van der Waals surface area contributed by atoms with Gasteiger partial charge in [0.15, 0.2) is 5.65 Å². The molecular weight excluding hydrogens is 358 g/mol. The third-order valence-electron chi connectivity index (χ3n) is 5.79. The second kappa shape index (κ2) is 9.25. The number of aromatic nitrogens is 3. The molecule has 29 heavy (non-hydrogen) atoms. The Morgan fingerprint density at radius 3 is 2.24 bits per heavy atom. The third-order valence-corrected chi connectivity index (χ3v) is 5.79. The average molecular weight is 390 g/mol. The standard InChI is InChI=1S/C25H31N3O/c1-3-4-5-6-7-8-9-12-17-28-23-16-15-19(29-2)18-20(23)24-25(28)27-22-14-11-10-13-21(22)26-24/h10-11,13-16,18H,3-9,12,17H2,1-2H3. The van der Waals surface area contributed by atoms with Crippen molar-refractivity contribution in [3.8, 4) is 5.75 Å². The molecule has 0 saturated heterocycles. The van der Waals surface area contributed by atoms with Gasteiger partial charge in [-0.15, -0.1) is 0 Å². The lowest BCUT2D eigenvalue weighted by atomic mass is 10.1. The van der Waals surface area contributed by atoms with E-state index < -0.39 is 0 Å². The first-order valence-corrected chi connectivity index (χ1v) is 11.0. The highest BCUT2D eigenvalue weighted by atomic mass is 16.5. The summed E-state index contributed by atoms with van der Waals surface area (Å²) in [7, 11) is 1.71. The fourth-order valence-corrected chi connectivity index (χ4v) is 4.17. The minimum Gasteiger partial charge on any atom is -0.497 e. The van der Waals surface area contributed by atoms with Crippen LogP contribution in [-0.4, -0.2) is 21.6 Å². The molecule has 152 valence electrons. The molecule has 0 saturated carbocycles. The highest BCUT2D eigenvalue weighted by Gasteiger charge is 2.15. The average Bonchev–Trinajstić information content (AvgIpc) is 3.06. The Labute approximate surface area is 172 Å². The fourth-order valence-electron chi connectivity index (χ4n) is 4.17. The quantitative estimate of drug-likeness (QED) is 0.277. The zero-order valence-corrected chi connectivity index (χ0v) is 17.7. The number of unbranched alkanes of at least 4 members (excludes halogenated alkanes) is 7. The summed E-state index contributed by atoms with van der Waals surface area (Å²) in [4.78, 5) is 9.93. The number of ether oxygens (including phenoxy) is 1. The second-order valence-electron chi connectivity index (χ2n) is 7.89. The van der Waals surface area contributed by atoms with Crippen molar-refractivity contribution in [2.45, 2.75) is 64.8 Å². The molecule has 0 aliphatic heterocycles. The van der Waals surface area contributed by atoms with Gasteiger partial charge in [0.1, 0.15) is 11.3 Å². The van der Waals surface area contributed by atoms with Crippen LogP contribution in [0.25, 0.3) is 33.1 Å². The summed E-state index contributed by atoms with van der Waals surface area (Å²) in [5.74, 6) is 0.860. The summed E-state index contributed by atoms with van der Waals surface area (Å²) in [5.41, 5.74) is 5.03. The molecule has 0 unspecified atom stereocenters. The molecule has 0 atom stereocenters. The number of fused-ring (bicyclic) bond motifs is 4. The van der Waals surface area contributed by atoms with Crippen molar-refractivity contribution in [2.75, 3.05) is 7.11 Å². The fraction of sp³-hybridized carbons (Fsp3) is 0.440. The largest absolute Gasteiger partial charge is 0.497 e. The number of hydrogen-bond donors (Lipinski definition) is 0. The van der Waals surface area contributed by atoms with Gasteiger partial charge in [0.2, 0.25) is 0 Å². The van der Waals surface area contributed by atoms with Crippen LogP contribution in [-0.2, 0) is 6.54 Å². The van der Waals surface area contributed by atoms with Crippen LogP contribution in [0.15, 0.2) is 42.5 Å². The predicted octanol–water partition coefficient (Wildman–Crippen LogP) is 6.89. The minimum atomic E-state index is 0.860. The van der Waals surface area contributed by atoms with E-state index in [1.54, 1.807) is 7.11 Å². The molecule has 0 aliphatic rings. The summed E-state index contributed by atoms with van der Waals surface area (Å²) in [6.07, 6.45) is 10.6. The second-order valence-corrected chi connectivity index (χ2v) is 7.89. The van der Waals surface area contributed by atoms with Crippen molar-refractivity contribution < 1.29 is 4.74 Å². The molecule has 0 radical (unpaired) electrons. The molecule has 4 nitrogen and oxygen atoms in total. The smallest absolute Gasteiger partial charge is 0.160 e. The van der Waals surface area contributed by atoms with Crippen LogP contribution in [0.2, 0.25) is 0 Å². The van der Waals surface area contributed by atoms with Crippen molar-refractivity contribution in [3.05, 3.63) is 42.5 Å². The molecule has 0 amide bonds. The molecule has 4 heteroatoms. The lowest BCUT2D eigenvalue weighted by molar-refractivity contribution is 0.415. The van der Waals surface area contributed by atoms with Crippen LogP contribution in [0.4, 0.5) is 0 Å². The van der Waals surface area contributed by atoms with Crippen molar-refractivity contribution >= 4 is 33.1 Å². The number of methoxy groups -OCH3 is 1. The molecule has 0 bridgehead atoms. The van der Waals surface area contributed by atoms with Gasteiger partial charge in [-0.2, -0.15) is 0 Å². The molecule has 2 heterocycles. The molecule has 4 aromatic rings. The van der Waals surface area contributed by atoms with E-state index in [4.69, 9.17) is 14.7 Å². The molecule has 0 N–H and O–H groups in total. The maximum absolute atomic E-state index is 5.46. The number of nitrogens with zero attached hydrogens (tertiary/aromatic N) is 3. The van der Waals surface area contributed by atoms with Gasteiger partial charge in [0.25, 0.3) is 0 Å². The lowest BCUT2D eigenvalue weighted by Gasteiger charge is -2.08. The minimum absolute atomic E-state index is 0.860. The molecule has 4 rings (SSSR count). The maximum atomic E-state index is 5.46. The van der Waals surface area contributed by atoms with Crippen molar-refractivity contribution in [1.29, 1.82) is 0 Å². The Morgan fingerprint density at radius 2 is 1.52 bits per heavy atom. The van der Waals surface area contributed by atoms with E-state index in [1.165, 1.54) is 56.9 Å². The Morgan fingerprint density at radius 1 is 0.828 bits per heavy atom. The monoisotopic (exact) mass is 389 g/mol. The first-order valence-electron chi connectivity index (χ1n) is 11.0. The highest BCUT2D eigenvalue weighted by Crippen LogP contribution is 2.31. The van der Waals surface area contributed by atoms with E-state index in [9.17, 15) is 0 Å². The number of rotatable bonds is 10. The normalized spacial score (nSPS) is 11.7. The molecule has 2 aromatic carbocycles. The maximum Gasteiger partial charge on any atom is 0.160 e. The van der Waals surface area contributed by atoms with Gasteiger partial charge in [0.05, 0.1) is 23.7 Å². The van der Waals surface area contributed by atoms with Crippen molar-refractivity contribution in [1.82, 2.24) is 14.5 Å². The third kappa shape index (κ3) is 4.21. The van der Waals surface area contributed by atoms with Crippen LogP contribution in [0.1, 0.15) is 58.3 Å². The molecule has 0 aliphatic carbocycles. The lowest BCUT2D eigenvalue weighted by Crippen LogP contribution is -2.00. The van der Waals surface area contributed by atoms with Gasteiger partial charge in [-0.25, -0.2) is 9.97 Å².